The number of hydrogen-bond acceptors (Lipinski definition) is 1. The average molecular weight is 515 g/mol. The summed E-state index contributed by atoms with van der Waals surface area (Å²) in [5.41, 5.74) is 12.3. The van der Waals surface area contributed by atoms with Crippen LogP contribution in [0.1, 0.15) is 44.5 Å². The van der Waals surface area contributed by atoms with Gasteiger partial charge < -0.3 is 0 Å². The Morgan fingerprint density at radius 1 is 0.359 bits per heavy atom. The van der Waals surface area contributed by atoms with Crippen LogP contribution in [0.3, 0.4) is 0 Å². The smallest absolute Gasteiger partial charge is 0.0720 e. The number of fused-ring (bicyclic) bond motifs is 5. The van der Waals surface area contributed by atoms with Crippen LogP contribution in [-0.4, -0.2) is 0 Å². The SMILES string of the molecule is Sc1cccc(C2(c3ccccc3)c3ccccc3C3(c4ccccc4)c4ccccc4-c4cccc2c43)c1. The summed E-state index contributed by atoms with van der Waals surface area (Å²) in [5.74, 6) is 0. The van der Waals surface area contributed by atoms with Crippen LogP contribution >= 0.6 is 12.6 Å². The molecule has 2 atom stereocenters. The van der Waals surface area contributed by atoms with Gasteiger partial charge in [0.25, 0.3) is 0 Å². The van der Waals surface area contributed by atoms with Crippen molar-refractivity contribution in [1.82, 2.24) is 0 Å². The molecule has 184 valence electrons. The minimum atomic E-state index is -0.498. The maximum absolute atomic E-state index is 4.83. The molecule has 2 aliphatic carbocycles. The molecule has 6 aromatic carbocycles. The predicted octanol–water partition coefficient (Wildman–Crippen LogP) is 9.03. The van der Waals surface area contributed by atoms with Gasteiger partial charge in [-0.2, -0.15) is 0 Å². The normalized spacial score (nSPS) is 20.1. The zero-order valence-electron chi connectivity index (χ0n) is 21.4. The third-order valence-corrected chi connectivity index (χ3v) is 9.17. The van der Waals surface area contributed by atoms with Crippen molar-refractivity contribution in [2.24, 2.45) is 0 Å². The maximum atomic E-state index is 4.83. The molecule has 0 heterocycles. The standard InChI is InChI=1S/C38H26S/c39-29-18-11-17-28(25-29)37(26-13-3-1-4-14-26)33-22-9-10-23-34(33)38(27-15-5-2-6-16-27)32-21-8-7-19-30(32)31-20-12-24-35(37)36(31)38/h1-25,39H. The maximum Gasteiger partial charge on any atom is 0.0720 e. The van der Waals surface area contributed by atoms with Crippen LogP contribution in [0.4, 0.5) is 0 Å². The quantitative estimate of drug-likeness (QED) is 0.223. The lowest BCUT2D eigenvalue weighted by molar-refractivity contribution is 0.626. The van der Waals surface area contributed by atoms with E-state index >= 15 is 0 Å². The number of hydrogen-bond donors (Lipinski definition) is 1. The van der Waals surface area contributed by atoms with Crippen molar-refractivity contribution < 1.29 is 0 Å². The largest absolute Gasteiger partial charge is 0.143 e. The van der Waals surface area contributed by atoms with Gasteiger partial charge in [0, 0.05) is 4.90 Å². The third kappa shape index (κ3) is 2.81. The highest BCUT2D eigenvalue weighted by Crippen LogP contribution is 2.65. The molecule has 0 radical (unpaired) electrons. The first kappa shape index (κ1) is 22.6. The Balaban J connectivity index is 1.65. The minimum Gasteiger partial charge on any atom is -0.143 e. The molecule has 0 bridgehead atoms. The van der Waals surface area contributed by atoms with Crippen molar-refractivity contribution in [3.8, 4) is 11.1 Å². The molecule has 2 unspecified atom stereocenters. The fourth-order valence-electron chi connectivity index (χ4n) is 7.59. The first-order valence-electron chi connectivity index (χ1n) is 13.5. The zero-order chi connectivity index (χ0) is 26.0. The zero-order valence-corrected chi connectivity index (χ0v) is 22.3. The highest BCUT2D eigenvalue weighted by Gasteiger charge is 2.57. The van der Waals surface area contributed by atoms with Crippen molar-refractivity contribution in [3.05, 3.63) is 196 Å². The fraction of sp³-hybridized carbons (Fsp3) is 0.0526. The highest BCUT2D eigenvalue weighted by atomic mass is 32.1. The van der Waals surface area contributed by atoms with Crippen LogP contribution in [-0.2, 0) is 10.8 Å². The van der Waals surface area contributed by atoms with Crippen molar-refractivity contribution in [1.29, 1.82) is 0 Å². The summed E-state index contributed by atoms with van der Waals surface area (Å²) in [4.78, 5) is 0.969. The topological polar surface area (TPSA) is 0 Å². The molecular weight excluding hydrogens is 488 g/mol. The van der Waals surface area contributed by atoms with Gasteiger partial charge in [0.2, 0.25) is 0 Å². The van der Waals surface area contributed by atoms with Gasteiger partial charge >= 0.3 is 0 Å². The molecule has 39 heavy (non-hydrogen) atoms. The van der Waals surface area contributed by atoms with Crippen molar-refractivity contribution in [2.75, 3.05) is 0 Å². The van der Waals surface area contributed by atoms with Gasteiger partial charge in [-0.3, -0.25) is 0 Å². The van der Waals surface area contributed by atoms with E-state index in [9.17, 15) is 0 Å². The first-order valence-corrected chi connectivity index (χ1v) is 14.0. The summed E-state index contributed by atoms with van der Waals surface area (Å²) in [6, 6.07) is 56.0. The molecule has 0 spiro atoms. The summed E-state index contributed by atoms with van der Waals surface area (Å²) >= 11 is 4.83. The Morgan fingerprint density at radius 2 is 0.846 bits per heavy atom. The highest BCUT2D eigenvalue weighted by molar-refractivity contribution is 7.80. The van der Waals surface area contributed by atoms with E-state index in [0.29, 0.717) is 0 Å². The second kappa shape index (κ2) is 8.33. The van der Waals surface area contributed by atoms with Gasteiger partial charge in [-0.15, -0.1) is 12.6 Å². The second-order valence-corrected chi connectivity index (χ2v) is 11.1. The number of benzene rings is 6. The summed E-state index contributed by atoms with van der Waals surface area (Å²) in [7, 11) is 0. The molecule has 0 amide bonds. The van der Waals surface area contributed by atoms with E-state index in [0.717, 1.165) is 4.90 Å². The Bertz CT molecular complexity index is 1870. The summed E-state index contributed by atoms with van der Waals surface area (Å²) in [6.45, 7) is 0. The molecular formula is C38H26S. The molecule has 0 N–H and O–H groups in total. The lowest BCUT2D eigenvalue weighted by Crippen LogP contribution is -2.44. The Labute approximate surface area is 235 Å². The molecule has 6 aromatic rings. The van der Waals surface area contributed by atoms with Gasteiger partial charge in [0.15, 0.2) is 0 Å². The first-order chi connectivity index (χ1) is 19.3. The molecule has 0 fully saturated rings. The fourth-order valence-corrected chi connectivity index (χ4v) is 7.82. The van der Waals surface area contributed by atoms with Crippen LogP contribution in [0, 0.1) is 0 Å². The Kier molecular flexibility index (Phi) is 4.84. The lowest BCUT2D eigenvalue weighted by atomic mass is 9.52. The van der Waals surface area contributed by atoms with Gasteiger partial charge in [0.1, 0.15) is 0 Å². The second-order valence-electron chi connectivity index (χ2n) is 10.6. The van der Waals surface area contributed by atoms with Crippen LogP contribution in [0.15, 0.2) is 157 Å². The molecule has 0 aliphatic heterocycles. The monoisotopic (exact) mass is 514 g/mol. The summed E-state index contributed by atoms with van der Waals surface area (Å²) in [6.07, 6.45) is 0. The van der Waals surface area contributed by atoms with Crippen LogP contribution < -0.4 is 0 Å². The lowest BCUT2D eigenvalue weighted by Gasteiger charge is -2.49. The summed E-state index contributed by atoms with van der Waals surface area (Å²) in [5, 5.41) is 0. The van der Waals surface area contributed by atoms with E-state index in [2.05, 4.69) is 152 Å². The van der Waals surface area contributed by atoms with Crippen molar-refractivity contribution >= 4 is 12.6 Å². The van der Waals surface area contributed by atoms with Gasteiger partial charge in [-0.1, -0.05) is 140 Å². The van der Waals surface area contributed by atoms with E-state index < -0.39 is 10.8 Å². The molecule has 0 saturated carbocycles. The van der Waals surface area contributed by atoms with E-state index in [4.69, 9.17) is 12.6 Å². The Morgan fingerprint density at radius 3 is 1.54 bits per heavy atom. The van der Waals surface area contributed by atoms with Gasteiger partial charge in [-0.25, -0.2) is 0 Å². The average Bonchev–Trinajstić information content (AvgIpc) is 3.31. The number of rotatable bonds is 3. The van der Waals surface area contributed by atoms with E-state index in [-0.39, 0.29) is 0 Å². The van der Waals surface area contributed by atoms with E-state index in [1.165, 1.54) is 55.6 Å². The molecule has 0 nitrogen and oxygen atoms in total. The minimum absolute atomic E-state index is 0.406. The van der Waals surface area contributed by atoms with Crippen molar-refractivity contribution in [2.45, 2.75) is 15.7 Å². The number of thiol groups is 1. The Hall–Kier alpha value is -4.33. The van der Waals surface area contributed by atoms with Crippen molar-refractivity contribution in [3.63, 3.8) is 0 Å². The molecule has 0 aromatic heterocycles. The van der Waals surface area contributed by atoms with Crippen LogP contribution in [0.2, 0.25) is 0 Å². The molecule has 2 aliphatic rings. The van der Waals surface area contributed by atoms with Crippen LogP contribution in [0.5, 0.6) is 0 Å². The summed E-state index contributed by atoms with van der Waals surface area (Å²) < 4.78 is 0. The van der Waals surface area contributed by atoms with E-state index in [1.54, 1.807) is 0 Å². The predicted molar refractivity (Wildman–Crippen MR) is 163 cm³/mol. The van der Waals surface area contributed by atoms with Gasteiger partial charge in [0.05, 0.1) is 10.8 Å². The molecule has 0 saturated heterocycles. The third-order valence-electron chi connectivity index (χ3n) is 8.89. The van der Waals surface area contributed by atoms with Gasteiger partial charge in [-0.05, 0) is 67.8 Å². The van der Waals surface area contributed by atoms with Crippen LogP contribution in [0.25, 0.3) is 11.1 Å². The van der Waals surface area contributed by atoms with E-state index in [1.807, 2.05) is 0 Å². The molecule has 1 heteroatoms. The molecule has 8 rings (SSSR count).